The summed E-state index contributed by atoms with van der Waals surface area (Å²) in [7, 11) is 1.61. The van der Waals surface area contributed by atoms with Gasteiger partial charge >= 0.3 is 0 Å². The molecule has 1 aromatic heterocycles. The first-order valence-electron chi connectivity index (χ1n) is 8.80. The van der Waals surface area contributed by atoms with Crippen LogP contribution in [0.5, 0.6) is 5.75 Å². The third kappa shape index (κ3) is 3.36. The van der Waals surface area contributed by atoms with Gasteiger partial charge in [0.05, 0.1) is 18.5 Å². The van der Waals surface area contributed by atoms with Crippen LogP contribution in [0.25, 0.3) is 10.9 Å². The molecular formula is C20H20N4O3. The zero-order valence-electron chi connectivity index (χ0n) is 14.9. The molecule has 7 heteroatoms. The maximum atomic E-state index is 12.5. The Balaban J connectivity index is 1.41. The van der Waals surface area contributed by atoms with Gasteiger partial charge in [-0.3, -0.25) is 19.6 Å². The summed E-state index contributed by atoms with van der Waals surface area (Å²) in [6, 6.07) is 15.1. The average Bonchev–Trinajstić information content (AvgIpc) is 3.29. The molecule has 2 N–H and O–H groups in total. The van der Waals surface area contributed by atoms with E-state index in [4.69, 9.17) is 4.74 Å². The minimum absolute atomic E-state index is 0.0862. The van der Waals surface area contributed by atoms with Crippen LogP contribution < -0.4 is 15.0 Å². The van der Waals surface area contributed by atoms with Gasteiger partial charge in [-0.25, -0.2) is 0 Å². The summed E-state index contributed by atoms with van der Waals surface area (Å²) >= 11 is 0. The molecular weight excluding hydrogens is 344 g/mol. The number of carbonyl (C=O) groups is 2. The highest BCUT2D eigenvalue weighted by Gasteiger charge is 2.36. The summed E-state index contributed by atoms with van der Waals surface area (Å²) in [5, 5.41) is 11.0. The number of para-hydroxylation sites is 1. The van der Waals surface area contributed by atoms with Gasteiger partial charge in [0.1, 0.15) is 5.75 Å². The van der Waals surface area contributed by atoms with Gasteiger partial charge in [0.25, 0.3) is 0 Å². The highest BCUT2D eigenvalue weighted by atomic mass is 16.5. The molecule has 0 unspecified atom stereocenters. The van der Waals surface area contributed by atoms with Crippen LogP contribution in [0.3, 0.4) is 0 Å². The second-order valence-corrected chi connectivity index (χ2v) is 6.56. The molecule has 2 heterocycles. The van der Waals surface area contributed by atoms with Gasteiger partial charge in [0.15, 0.2) is 5.82 Å². The monoisotopic (exact) mass is 364 g/mol. The van der Waals surface area contributed by atoms with Crippen molar-refractivity contribution < 1.29 is 14.3 Å². The molecule has 1 fully saturated rings. The molecule has 1 atom stereocenters. The van der Waals surface area contributed by atoms with E-state index in [9.17, 15) is 9.59 Å². The number of hydrogen-bond donors (Lipinski definition) is 2. The van der Waals surface area contributed by atoms with Crippen molar-refractivity contribution in [2.45, 2.75) is 13.0 Å². The van der Waals surface area contributed by atoms with Gasteiger partial charge in [-0.05, 0) is 29.8 Å². The van der Waals surface area contributed by atoms with Crippen LogP contribution in [0.1, 0.15) is 12.0 Å². The van der Waals surface area contributed by atoms with Crippen LogP contribution in [0, 0.1) is 5.92 Å². The number of ether oxygens (including phenoxy) is 1. The minimum atomic E-state index is -0.383. The van der Waals surface area contributed by atoms with E-state index in [1.807, 2.05) is 48.5 Å². The number of nitrogens with zero attached hydrogens (tertiary/aromatic N) is 2. The van der Waals surface area contributed by atoms with Gasteiger partial charge < -0.3 is 10.1 Å². The number of nitrogens with one attached hydrogen (secondary N) is 2. The zero-order valence-corrected chi connectivity index (χ0v) is 14.9. The quantitative estimate of drug-likeness (QED) is 0.727. The van der Waals surface area contributed by atoms with E-state index in [1.54, 1.807) is 12.0 Å². The van der Waals surface area contributed by atoms with Crippen LogP contribution in [0.4, 0.5) is 5.82 Å². The molecule has 1 saturated heterocycles. The van der Waals surface area contributed by atoms with E-state index in [0.29, 0.717) is 18.9 Å². The fraction of sp³-hybridized carbons (Fsp3) is 0.250. The Hall–Kier alpha value is -3.35. The minimum Gasteiger partial charge on any atom is -0.497 e. The average molecular weight is 364 g/mol. The number of rotatable bonds is 5. The van der Waals surface area contributed by atoms with Crippen molar-refractivity contribution >= 4 is 28.5 Å². The van der Waals surface area contributed by atoms with E-state index in [0.717, 1.165) is 22.2 Å². The molecule has 7 nitrogen and oxygen atoms in total. The number of anilines is 1. The number of aromatic amines is 1. The number of aromatic nitrogens is 2. The third-order valence-corrected chi connectivity index (χ3v) is 4.83. The third-order valence-electron chi connectivity index (χ3n) is 4.83. The molecule has 1 aliphatic heterocycles. The van der Waals surface area contributed by atoms with Gasteiger partial charge in [-0.15, -0.1) is 0 Å². The molecule has 4 rings (SSSR count). The number of benzene rings is 2. The Morgan fingerprint density at radius 3 is 2.81 bits per heavy atom. The molecule has 3 aromatic rings. The molecule has 0 bridgehead atoms. The van der Waals surface area contributed by atoms with Gasteiger partial charge in [0, 0.05) is 24.9 Å². The molecule has 1 aliphatic rings. The van der Waals surface area contributed by atoms with Crippen LogP contribution in [-0.4, -0.2) is 35.7 Å². The largest absolute Gasteiger partial charge is 0.497 e. The SMILES string of the molecule is COc1ccc(CNC(=O)[C@@H]2CC(=O)N(c3n[nH]c4ccccc34)C2)cc1. The standard InChI is InChI=1S/C20H20N4O3/c1-27-15-8-6-13(7-9-15)11-21-20(26)14-10-18(25)24(12-14)19-16-4-2-3-5-17(16)22-23-19/h2-9,14H,10-12H2,1H3,(H,21,26)(H,22,23)/t14-/m1/s1. The first-order chi connectivity index (χ1) is 13.2. The highest BCUT2D eigenvalue weighted by Crippen LogP contribution is 2.29. The molecule has 0 spiro atoms. The summed E-state index contributed by atoms with van der Waals surface area (Å²) < 4.78 is 5.13. The molecule has 0 radical (unpaired) electrons. The van der Waals surface area contributed by atoms with Crippen LogP contribution in [0.2, 0.25) is 0 Å². The lowest BCUT2D eigenvalue weighted by Gasteiger charge is -2.14. The van der Waals surface area contributed by atoms with E-state index in [1.165, 1.54) is 0 Å². The van der Waals surface area contributed by atoms with E-state index in [2.05, 4.69) is 15.5 Å². The van der Waals surface area contributed by atoms with Crippen LogP contribution in [0.15, 0.2) is 48.5 Å². The normalized spacial score (nSPS) is 16.7. The van der Waals surface area contributed by atoms with E-state index >= 15 is 0 Å². The maximum absolute atomic E-state index is 12.5. The molecule has 138 valence electrons. The lowest BCUT2D eigenvalue weighted by Crippen LogP contribution is -2.32. The van der Waals surface area contributed by atoms with Crippen LogP contribution >= 0.6 is 0 Å². The van der Waals surface area contributed by atoms with Gasteiger partial charge in [-0.1, -0.05) is 24.3 Å². The second-order valence-electron chi connectivity index (χ2n) is 6.56. The number of hydrogen-bond acceptors (Lipinski definition) is 4. The number of fused-ring (bicyclic) bond motifs is 1. The van der Waals surface area contributed by atoms with Crippen molar-refractivity contribution in [1.82, 2.24) is 15.5 Å². The molecule has 2 amide bonds. The predicted molar refractivity (Wildman–Crippen MR) is 101 cm³/mol. The molecule has 0 saturated carbocycles. The van der Waals surface area contributed by atoms with Gasteiger partial charge in [-0.2, -0.15) is 5.10 Å². The fourth-order valence-electron chi connectivity index (χ4n) is 3.32. The van der Waals surface area contributed by atoms with Crippen molar-refractivity contribution in [3.8, 4) is 5.75 Å². The molecule has 0 aliphatic carbocycles. The highest BCUT2D eigenvalue weighted by molar-refractivity contribution is 6.05. The van der Waals surface area contributed by atoms with Crippen molar-refractivity contribution in [3.05, 3.63) is 54.1 Å². The smallest absolute Gasteiger partial charge is 0.229 e. The summed E-state index contributed by atoms with van der Waals surface area (Å²) in [5.41, 5.74) is 1.84. The first kappa shape index (κ1) is 17.1. The Labute approximate surface area is 156 Å². The fourth-order valence-corrected chi connectivity index (χ4v) is 3.32. The Morgan fingerprint density at radius 2 is 2.04 bits per heavy atom. The number of H-pyrrole nitrogens is 1. The topological polar surface area (TPSA) is 87.3 Å². The summed E-state index contributed by atoms with van der Waals surface area (Å²) in [6.45, 7) is 0.751. The Kier molecular flexibility index (Phi) is 4.50. The number of methoxy groups -OCH3 is 1. The van der Waals surface area contributed by atoms with E-state index in [-0.39, 0.29) is 24.2 Å². The summed E-state index contributed by atoms with van der Waals surface area (Å²) in [5.74, 6) is 0.763. The molecule has 2 aromatic carbocycles. The Bertz CT molecular complexity index is 980. The van der Waals surface area contributed by atoms with Crippen LogP contribution in [-0.2, 0) is 16.1 Å². The van der Waals surface area contributed by atoms with Crippen molar-refractivity contribution in [2.24, 2.45) is 5.92 Å². The lowest BCUT2D eigenvalue weighted by atomic mass is 10.1. The van der Waals surface area contributed by atoms with Gasteiger partial charge in [0.2, 0.25) is 11.8 Å². The van der Waals surface area contributed by atoms with Crippen molar-refractivity contribution in [1.29, 1.82) is 0 Å². The summed E-state index contributed by atoms with van der Waals surface area (Å²) in [6.07, 6.45) is 0.190. The zero-order chi connectivity index (χ0) is 18.8. The van der Waals surface area contributed by atoms with E-state index < -0.39 is 0 Å². The van der Waals surface area contributed by atoms with Crippen molar-refractivity contribution in [2.75, 3.05) is 18.6 Å². The lowest BCUT2D eigenvalue weighted by molar-refractivity contribution is -0.126. The number of carbonyl (C=O) groups excluding carboxylic acids is 2. The second kappa shape index (κ2) is 7.11. The first-order valence-corrected chi connectivity index (χ1v) is 8.80. The number of amides is 2. The molecule has 27 heavy (non-hydrogen) atoms. The Morgan fingerprint density at radius 1 is 1.26 bits per heavy atom. The summed E-state index contributed by atoms with van der Waals surface area (Å²) in [4.78, 5) is 26.6. The predicted octanol–water partition coefficient (Wildman–Crippen LogP) is 2.24. The maximum Gasteiger partial charge on any atom is 0.229 e. The van der Waals surface area contributed by atoms with Crippen molar-refractivity contribution in [3.63, 3.8) is 0 Å².